The van der Waals surface area contributed by atoms with Crippen molar-refractivity contribution in [3.63, 3.8) is 0 Å². The molecule has 0 unspecified atom stereocenters. The van der Waals surface area contributed by atoms with Gasteiger partial charge in [-0.2, -0.15) is 0 Å². The lowest BCUT2D eigenvalue weighted by Crippen LogP contribution is -2.27. The zero-order chi connectivity index (χ0) is 25.9. The van der Waals surface area contributed by atoms with Gasteiger partial charge in [-0.1, -0.05) is 70.4 Å². The van der Waals surface area contributed by atoms with Gasteiger partial charge in [0.25, 0.3) is 5.09 Å². The van der Waals surface area contributed by atoms with Gasteiger partial charge in [-0.15, -0.1) is 10.1 Å². The molecular formula is C27H50N2O6. The van der Waals surface area contributed by atoms with Crippen molar-refractivity contribution in [2.75, 3.05) is 20.2 Å². The fraction of sp³-hybridized carbons (Fsp3) is 0.889. The maximum absolute atomic E-state index is 12.2. The van der Waals surface area contributed by atoms with Crippen molar-refractivity contribution in [2.45, 2.75) is 122 Å². The molecule has 0 saturated heterocycles. The second-order valence-electron chi connectivity index (χ2n) is 10.1. The van der Waals surface area contributed by atoms with E-state index in [1.165, 1.54) is 44.9 Å². The monoisotopic (exact) mass is 498 g/mol. The van der Waals surface area contributed by atoms with E-state index in [4.69, 9.17) is 0 Å². The van der Waals surface area contributed by atoms with Gasteiger partial charge in [-0.25, -0.2) is 0 Å². The van der Waals surface area contributed by atoms with Gasteiger partial charge < -0.3 is 20.0 Å². The lowest BCUT2D eigenvalue weighted by atomic mass is 9.86. The Balaban J connectivity index is 2.19. The van der Waals surface area contributed by atoms with E-state index in [0.717, 1.165) is 32.1 Å². The molecule has 0 bridgehead atoms. The summed E-state index contributed by atoms with van der Waals surface area (Å²) < 4.78 is 0. The highest BCUT2D eigenvalue weighted by molar-refractivity contribution is 5.75. The number of hydrogen-bond acceptors (Lipinski definition) is 6. The average Bonchev–Trinajstić information content (AvgIpc) is 3.09. The number of allylic oxidation sites excluding steroid dienone is 2. The molecule has 0 aromatic rings. The van der Waals surface area contributed by atoms with Gasteiger partial charge in [0.15, 0.2) is 0 Å². The predicted octanol–water partition coefficient (Wildman–Crippen LogP) is 5.44. The Morgan fingerprint density at radius 2 is 1.63 bits per heavy atom. The van der Waals surface area contributed by atoms with Crippen LogP contribution in [0.15, 0.2) is 12.2 Å². The number of carbonyl (C=O) groups excluding carboxylic acids is 1. The molecule has 1 rings (SSSR count). The summed E-state index contributed by atoms with van der Waals surface area (Å²) in [6.45, 7) is 2.87. The van der Waals surface area contributed by atoms with E-state index in [0.29, 0.717) is 32.2 Å². The lowest BCUT2D eigenvalue weighted by Gasteiger charge is -2.22. The third-order valence-corrected chi connectivity index (χ3v) is 7.26. The molecule has 1 saturated carbocycles. The van der Waals surface area contributed by atoms with Gasteiger partial charge in [0.2, 0.25) is 5.91 Å². The summed E-state index contributed by atoms with van der Waals surface area (Å²) >= 11 is 0. The van der Waals surface area contributed by atoms with Crippen molar-refractivity contribution in [1.82, 2.24) is 4.90 Å². The van der Waals surface area contributed by atoms with Gasteiger partial charge >= 0.3 is 0 Å². The van der Waals surface area contributed by atoms with Gasteiger partial charge in [0, 0.05) is 20.0 Å². The van der Waals surface area contributed by atoms with E-state index in [9.17, 15) is 25.1 Å². The van der Waals surface area contributed by atoms with Crippen molar-refractivity contribution in [2.24, 2.45) is 11.8 Å². The second-order valence-corrected chi connectivity index (χ2v) is 10.1. The molecule has 4 atom stereocenters. The Kier molecular flexibility index (Phi) is 17.5. The molecule has 2 N–H and O–H groups in total. The third kappa shape index (κ3) is 14.5. The van der Waals surface area contributed by atoms with Crippen molar-refractivity contribution in [3.8, 4) is 0 Å². The minimum absolute atomic E-state index is 0.0620. The molecule has 0 aliphatic heterocycles. The standard InChI is InChI=1S/C27H50N2O6/c1-3-4-5-6-7-8-9-12-17-23-24(26(31)22-25(23)30)18-13-10-11-14-19-27(32)28(2)20-15-16-21-35-29(33)34/h10,13,23-26,30-31H,3-9,11-12,14-22H2,1-2H3/t23-,24-,25-,26+/m1/s1. The van der Waals surface area contributed by atoms with E-state index in [1.54, 1.807) is 11.9 Å². The van der Waals surface area contributed by atoms with E-state index in [1.807, 2.05) is 0 Å². The zero-order valence-electron chi connectivity index (χ0n) is 22.1. The predicted molar refractivity (Wildman–Crippen MR) is 138 cm³/mol. The molecule has 0 heterocycles. The van der Waals surface area contributed by atoms with Crippen LogP contribution in [0, 0.1) is 22.0 Å². The van der Waals surface area contributed by atoms with Crippen LogP contribution >= 0.6 is 0 Å². The van der Waals surface area contributed by atoms with E-state index in [2.05, 4.69) is 23.9 Å². The fourth-order valence-electron chi connectivity index (χ4n) is 5.07. The van der Waals surface area contributed by atoms with Gasteiger partial charge in [0.1, 0.15) is 0 Å². The number of rotatable bonds is 21. The van der Waals surface area contributed by atoms with Gasteiger partial charge in [-0.05, 0) is 56.8 Å². The molecular weight excluding hydrogens is 448 g/mol. The molecule has 8 heteroatoms. The van der Waals surface area contributed by atoms with Crippen molar-refractivity contribution >= 4 is 5.91 Å². The second kappa shape index (κ2) is 19.5. The van der Waals surface area contributed by atoms with Crippen molar-refractivity contribution < 1.29 is 24.9 Å². The van der Waals surface area contributed by atoms with Crippen LogP contribution in [-0.2, 0) is 9.63 Å². The molecule has 1 fully saturated rings. The van der Waals surface area contributed by atoms with E-state index >= 15 is 0 Å². The first-order chi connectivity index (χ1) is 16.9. The van der Waals surface area contributed by atoms with Crippen LogP contribution in [-0.4, -0.2) is 58.5 Å². The Morgan fingerprint density at radius 1 is 0.971 bits per heavy atom. The fourth-order valence-corrected chi connectivity index (χ4v) is 5.07. The Hall–Kier alpha value is -1.67. The highest BCUT2D eigenvalue weighted by Gasteiger charge is 2.40. The maximum atomic E-state index is 12.2. The summed E-state index contributed by atoms with van der Waals surface area (Å²) in [7, 11) is 1.76. The Morgan fingerprint density at radius 3 is 2.31 bits per heavy atom. The van der Waals surface area contributed by atoms with Crippen molar-refractivity contribution in [1.29, 1.82) is 0 Å². The number of unbranched alkanes of at least 4 members (excludes halogenated alkanes) is 9. The number of aliphatic hydroxyl groups excluding tert-OH is 2. The number of amides is 1. The highest BCUT2D eigenvalue weighted by atomic mass is 16.9. The van der Waals surface area contributed by atoms with Gasteiger partial charge in [0.05, 0.1) is 18.8 Å². The number of carbonyl (C=O) groups is 1. The topological polar surface area (TPSA) is 113 Å². The molecule has 0 aromatic carbocycles. The van der Waals surface area contributed by atoms with Crippen LogP contribution in [0.4, 0.5) is 0 Å². The largest absolute Gasteiger partial charge is 0.393 e. The molecule has 1 aliphatic rings. The Labute approximate surface area is 212 Å². The van der Waals surface area contributed by atoms with Crippen LogP contribution in [0.5, 0.6) is 0 Å². The van der Waals surface area contributed by atoms with Crippen LogP contribution in [0.3, 0.4) is 0 Å². The molecule has 1 amide bonds. The van der Waals surface area contributed by atoms with E-state index in [-0.39, 0.29) is 24.3 Å². The first-order valence-corrected chi connectivity index (χ1v) is 13.9. The maximum Gasteiger partial charge on any atom is 0.294 e. The zero-order valence-corrected chi connectivity index (χ0v) is 22.1. The van der Waals surface area contributed by atoms with Crippen LogP contribution in [0.2, 0.25) is 0 Å². The summed E-state index contributed by atoms with van der Waals surface area (Å²) in [6, 6.07) is 0. The minimum Gasteiger partial charge on any atom is -0.393 e. The minimum atomic E-state index is -0.796. The molecule has 0 aromatic heterocycles. The van der Waals surface area contributed by atoms with Crippen LogP contribution in [0.1, 0.15) is 110 Å². The van der Waals surface area contributed by atoms with Crippen LogP contribution < -0.4 is 0 Å². The molecule has 204 valence electrons. The summed E-state index contributed by atoms with van der Waals surface area (Å²) in [5.74, 6) is 0.381. The Bertz CT molecular complexity index is 600. The summed E-state index contributed by atoms with van der Waals surface area (Å²) in [5.41, 5.74) is 0. The van der Waals surface area contributed by atoms with Crippen molar-refractivity contribution in [3.05, 3.63) is 22.3 Å². The quantitative estimate of drug-likeness (QED) is 0.0943. The molecule has 0 spiro atoms. The summed E-state index contributed by atoms with van der Waals surface area (Å²) in [5, 5.41) is 30.2. The molecule has 35 heavy (non-hydrogen) atoms. The third-order valence-electron chi connectivity index (χ3n) is 7.26. The van der Waals surface area contributed by atoms with Gasteiger partial charge in [-0.3, -0.25) is 4.79 Å². The number of nitrogens with zero attached hydrogens (tertiary/aromatic N) is 2. The number of aliphatic hydroxyl groups is 2. The first-order valence-electron chi connectivity index (χ1n) is 13.9. The normalized spacial score (nSPS) is 22.1. The summed E-state index contributed by atoms with van der Waals surface area (Å²) in [6.07, 6.45) is 19.1. The highest BCUT2D eigenvalue weighted by Crippen LogP contribution is 2.38. The summed E-state index contributed by atoms with van der Waals surface area (Å²) in [4.78, 5) is 28.2. The van der Waals surface area contributed by atoms with Crippen LogP contribution in [0.25, 0.3) is 0 Å². The first kappa shape index (κ1) is 31.4. The smallest absolute Gasteiger partial charge is 0.294 e. The average molecular weight is 499 g/mol. The number of hydrogen-bond donors (Lipinski definition) is 2. The van der Waals surface area contributed by atoms with E-state index < -0.39 is 17.3 Å². The lowest BCUT2D eigenvalue weighted by molar-refractivity contribution is -0.757. The molecule has 0 radical (unpaired) electrons. The SMILES string of the molecule is CCCCCCCCCC[C@@H]1[C@@H](CC=CCCCC(=O)N(C)CCCCO[N+](=O)[O-])[C@@H](O)C[C@H]1O. The molecule has 1 aliphatic carbocycles. The molecule has 8 nitrogen and oxygen atoms in total.